The highest BCUT2D eigenvalue weighted by Crippen LogP contribution is 2.37. The predicted octanol–water partition coefficient (Wildman–Crippen LogP) is 11.4. The van der Waals surface area contributed by atoms with E-state index >= 15 is 0 Å². The summed E-state index contributed by atoms with van der Waals surface area (Å²) in [6, 6.07) is 51.5. The van der Waals surface area contributed by atoms with Crippen molar-refractivity contribution in [2.45, 2.75) is 27.4 Å². The van der Waals surface area contributed by atoms with Crippen LogP contribution in [-0.2, 0) is 16.1 Å². The number of hydrogen-bond donors (Lipinski definition) is 0. The van der Waals surface area contributed by atoms with Crippen LogP contribution in [0.5, 0.6) is 0 Å². The lowest BCUT2D eigenvalue weighted by atomic mass is 9.92. The van der Waals surface area contributed by atoms with Crippen LogP contribution in [0.15, 0.2) is 158 Å². The van der Waals surface area contributed by atoms with Gasteiger partial charge in [-0.1, -0.05) is 109 Å². The highest BCUT2D eigenvalue weighted by atomic mass is 16.5. The summed E-state index contributed by atoms with van der Waals surface area (Å²) in [5.74, 6) is -0.378. The molecular weight excluding hydrogens is 562 g/mol. The summed E-state index contributed by atoms with van der Waals surface area (Å²) in [5.41, 5.74) is 13.9. The summed E-state index contributed by atoms with van der Waals surface area (Å²) in [5, 5.41) is 0. The molecule has 0 aromatic heterocycles. The standard InChI is InChI=1S/C43H37NO2/c1-30(2)43(45)46-29-33-14-18-35(19-15-33)38-26-37(34-16-10-31(3)11-17-34)27-39(28-38)36-20-24-42(25-21-36)44(40-8-6-5-7-9-40)41-22-12-32(4)13-23-41/h5-28H,1,29H2,2-4H3. The molecule has 0 N–H and O–H groups in total. The zero-order valence-corrected chi connectivity index (χ0v) is 26.5. The van der Waals surface area contributed by atoms with E-state index < -0.39 is 0 Å². The van der Waals surface area contributed by atoms with Gasteiger partial charge in [0.05, 0.1) is 0 Å². The molecule has 226 valence electrons. The molecule has 0 radical (unpaired) electrons. The third kappa shape index (κ3) is 7.00. The van der Waals surface area contributed by atoms with Gasteiger partial charge in [-0.2, -0.15) is 0 Å². The number of nitrogens with zero attached hydrogens (tertiary/aromatic N) is 1. The predicted molar refractivity (Wildman–Crippen MR) is 192 cm³/mol. The lowest BCUT2D eigenvalue weighted by molar-refractivity contribution is -0.140. The molecule has 0 aliphatic rings. The highest BCUT2D eigenvalue weighted by Gasteiger charge is 2.14. The second kappa shape index (κ2) is 13.5. The van der Waals surface area contributed by atoms with Gasteiger partial charge >= 0.3 is 5.97 Å². The monoisotopic (exact) mass is 599 g/mol. The Morgan fingerprint density at radius 3 is 1.41 bits per heavy atom. The van der Waals surface area contributed by atoms with Crippen LogP contribution in [0.1, 0.15) is 23.6 Å². The molecule has 6 rings (SSSR count). The number of rotatable bonds is 9. The molecule has 0 heterocycles. The molecule has 46 heavy (non-hydrogen) atoms. The van der Waals surface area contributed by atoms with Gasteiger partial charge < -0.3 is 9.64 Å². The zero-order chi connectivity index (χ0) is 32.0. The molecule has 0 amide bonds. The van der Waals surface area contributed by atoms with Crippen LogP contribution < -0.4 is 4.90 Å². The smallest absolute Gasteiger partial charge is 0.333 e. The first-order chi connectivity index (χ1) is 22.3. The molecule has 0 fully saturated rings. The Morgan fingerprint density at radius 1 is 0.543 bits per heavy atom. The number of para-hydroxylation sites is 1. The van der Waals surface area contributed by atoms with E-state index in [9.17, 15) is 4.79 Å². The van der Waals surface area contributed by atoms with Gasteiger partial charge in [0, 0.05) is 22.6 Å². The van der Waals surface area contributed by atoms with Gasteiger partial charge in [0.1, 0.15) is 6.61 Å². The van der Waals surface area contributed by atoms with Crippen molar-refractivity contribution in [1.82, 2.24) is 0 Å². The third-order valence-electron chi connectivity index (χ3n) is 8.09. The van der Waals surface area contributed by atoms with E-state index in [0.29, 0.717) is 5.57 Å². The van der Waals surface area contributed by atoms with Gasteiger partial charge in [-0.05, 0) is 114 Å². The van der Waals surface area contributed by atoms with Crippen molar-refractivity contribution in [2.24, 2.45) is 0 Å². The first kappa shape index (κ1) is 30.4. The second-order valence-electron chi connectivity index (χ2n) is 11.8. The van der Waals surface area contributed by atoms with Crippen molar-refractivity contribution in [3.63, 3.8) is 0 Å². The van der Waals surface area contributed by atoms with Crippen molar-refractivity contribution < 1.29 is 9.53 Å². The Kier molecular flexibility index (Phi) is 8.94. The fourth-order valence-corrected chi connectivity index (χ4v) is 5.46. The molecule has 0 unspecified atom stereocenters. The Labute approximate surface area is 272 Å². The van der Waals surface area contributed by atoms with E-state index in [1.165, 1.54) is 16.7 Å². The van der Waals surface area contributed by atoms with Crippen LogP contribution in [0.4, 0.5) is 17.1 Å². The van der Waals surface area contributed by atoms with E-state index in [1.807, 2.05) is 18.2 Å². The van der Waals surface area contributed by atoms with Gasteiger partial charge in [-0.15, -0.1) is 0 Å². The van der Waals surface area contributed by atoms with Crippen molar-refractivity contribution in [1.29, 1.82) is 0 Å². The molecule has 6 aromatic carbocycles. The normalized spacial score (nSPS) is 10.8. The maximum atomic E-state index is 11.9. The number of aryl methyl sites for hydroxylation is 2. The van der Waals surface area contributed by atoms with Gasteiger partial charge in [-0.3, -0.25) is 0 Å². The quantitative estimate of drug-likeness (QED) is 0.122. The molecule has 3 nitrogen and oxygen atoms in total. The van der Waals surface area contributed by atoms with E-state index in [0.717, 1.165) is 50.4 Å². The Bertz CT molecular complexity index is 1960. The summed E-state index contributed by atoms with van der Waals surface area (Å²) >= 11 is 0. The zero-order valence-electron chi connectivity index (χ0n) is 26.5. The van der Waals surface area contributed by atoms with Gasteiger partial charge in [0.25, 0.3) is 0 Å². The highest BCUT2D eigenvalue weighted by molar-refractivity contribution is 5.87. The maximum absolute atomic E-state index is 11.9. The number of carbonyl (C=O) groups is 1. The Balaban J connectivity index is 1.36. The number of benzene rings is 6. The average Bonchev–Trinajstić information content (AvgIpc) is 3.09. The lowest BCUT2D eigenvalue weighted by Crippen LogP contribution is -2.09. The van der Waals surface area contributed by atoms with E-state index in [4.69, 9.17) is 4.74 Å². The molecule has 3 heteroatoms. The topological polar surface area (TPSA) is 29.5 Å². The van der Waals surface area contributed by atoms with Crippen LogP contribution in [0.25, 0.3) is 33.4 Å². The van der Waals surface area contributed by atoms with Crippen molar-refractivity contribution in [3.05, 3.63) is 174 Å². The van der Waals surface area contributed by atoms with Crippen LogP contribution in [-0.4, -0.2) is 5.97 Å². The molecule has 0 spiro atoms. The lowest BCUT2D eigenvalue weighted by Gasteiger charge is -2.25. The third-order valence-corrected chi connectivity index (χ3v) is 8.09. The van der Waals surface area contributed by atoms with Gasteiger partial charge in [-0.25, -0.2) is 4.79 Å². The fourth-order valence-electron chi connectivity index (χ4n) is 5.46. The minimum absolute atomic E-state index is 0.218. The fraction of sp³-hybridized carbons (Fsp3) is 0.0930. The number of ether oxygens (including phenoxy) is 1. The first-order valence-corrected chi connectivity index (χ1v) is 15.5. The van der Waals surface area contributed by atoms with Crippen molar-refractivity contribution in [3.8, 4) is 33.4 Å². The Morgan fingerprint density at radius 2 is 0.935 bits per heavy atom. The molecular formula is C43H37NO2. The van der Waals surface area contributed by atoms with Crippen molar-refractivity contribution in [2.75, 3.05) is 4.90 Å². The van der Waals surface area contributed by atoms with Crippen LogP contribution in [0, 0.1) is 13.8 Å². The summed E-state index contributed by atoms with van der Waals surface area (Å²) in [6.45, 7) is 9.75. The number of anilines is 3. The average molecular weight is 600 g/mol. The largest absolute Gasteiger partial charge is 0.457 e. The molecule has 0 atom stereocenters. The number of carbonyl (C=O) groups excluding carboxylic acids is 1. The minimum Gasteiger partial charge on any atom is -0.457 e. The first-order valence-electron chi connectivity index (χ1n) is 15.5. The second-order valence-corrected chi connectivity index (χ2v) is 11.8. The molecule has 0 saturated carbocycles. The summed E-state index contributed by atoms with van der Waals surface area (Å²) < 4.78 is 5.34. The number of hydrogen-bond acceptors (Lipinski definition) is 3. The van der Waals surface area contributed by atoms with Crippen LogP contribution in [0.3, 0.4) is 0 Å². The minimum atomic E-state index is -0.378. The molecule has 6 aromatic rings. The molecule has 0 aliphatic carbocycles. The maximum Gasteiger partial charge on any atom is 0.333 e. The number of esters is 1. The van der Waals surface area contributed by atoms with E-state index in [1.54, 1.807) is 6.92 Å². The Hall–Kier alpha value is -5.67. The van der Waals surface area contributed by atoms with Gasteiger partial charge in [0.15, 0.2) is 0 Å². The summed E-state index contributed by atoms with van der Waals surface area (Å²) in [4.78, 5) is 14.1. The summed E-state index contributed by atoms with van der Waals surface area (Å²) in [7, 11) is 0. The van der Waals surface area contributed by atoms with Crippen LogP contribution in [0.2, 0.25) is 0 Å². The molecule has 0 bridgehead atoms. The van der Waals surface area contributed by atoms with E-state index in [-0.39, 0.29) is 12.6 Å². The summed E-state index contributed by atoms with van der Waals surface area (Å²) in [6.07, 6.45) is 0. The molecule has 0 saturated heterocycles. The van der Waals surface area contributed by atoms with Gasteiger partial charge in [0.2, 0.25) is 0 Å². The van der Waals surface area contributed by atoms with Crippen molar-refractivity contribution >= 4 is 23.0 Å². The SMILES string of the molecule is C=C(C)C(=O)OCc1ccc(-c2cc(-c3ccc(C)cc3)cc(-c3ccc(N(c4ccccc4)c4ccc(C)cc4)cc3)c2)cc1. The molecule has 0 aliphatic heterocycles. The van der Waals surface area contributed by atoms with E-state index in [2.05, 4.69) is 153 Å². The van der Waals surface area contributed by atoms with Crippen LogP contribution >= 0.6 is 0 Å².